The van der Waals surface area contributed by atoms with Gasteiger partial charge in [-0.15, -0.1) is 0 Å². The fourth-order valence-corrected chi connectivity index (χ4v) is 3.55. The van der Waals surface area contributed by atoms with Crippen molar-refractivity contribution in [2.45, 2.75) is 38.1 Å². The van der Waals surface area contributed by atoms with E-state index in [2.05, 4.69) is 16.7 Å². The molecular formula is C23H23N3O4. The summed E-state index contributed by atoms with van der Waals surface area (Å²) in [6.45, 7) is -0.578. The molecule has 2 N–H and O–H groups in total. The van der Waals surface area contributed by atoms with E-state index < -0.39 is 24.5 Å². The minimum absolute atomic E-state index is 0.0705. The monoisotopic (exact) mass is 405 g/mol. The predicted molar refractivity (Wildman–Crippen MR) is 110 cm³/mol. The van der Waals surface area contributed by atoms with Crippen LogP contribution in [0.1, 0.15) is 48.0 Å². The van der Waals surface area contributed by atoms with Gasteiger partial charge in [0.1, 0.15) is 0 Å². The van der Waals surface area contributed by atoms with Gasteiger partial charge in [0.15, 0.2) is 6.61 Å². The van der Waals surface area contributed by atoms with Crippen LogP contribution >= 0.6 is 0 Å². The molecule has 0 saturated heterocycles. The predicted octanol–water partition coefficient (Wildman–Crippen LogP) is 3.54. The van der Waals surface area contributed by atoms with Gasteiger partial charge < -0.3 is 10.1 Å². The van der Waals surface area contributed by atoms with Gasteiger partial charge in [-0.05, 0) is 30.5 Å². The summed E-state index contributed by atoms with van der Waals surface area (Å²) in [6, 6.07) is 15.2. The summed E-state index contributed by atoms with van der Waals surface area (Å²) in [4.78, 5) is 36.5. The van der Waals surface area contributed by atoms with E-state index in [9.17, 15) is 19.6 Å². The minimum Gasteiger partial charge on any atom is -0.452 e. The van der Waals surface area contributed by atoms with Crippen molar-refractivity contribution < 1.29 is 19.1 Å². The van der Waals surface area contributed by atoms with Crippen LogP contribution in [0.15, 0.2) is 48.5 Å². The molecule has 0 aromatic heterocycles. The maximum atomic E-state index is 12.6. The summed E-state index contributed by atoms with van der Waals surface area (Å²) in [5.41, 5.74) is 1.80. The van der Waals surface area contributed by atoms with Crippen LogP contribution in [0.2, 0.25) is 0 Å². The molecule has 1 aliphatic carbocycles. The van der Waals surface area contributed by atoms with Gasteiger partial charge in [-0.25, -0.2) is 9.59 Å². The van der Waals surface area contributed by atoms with Gasteiger partial charge in [-0.2, -0.15) is 5.26 Å². The van der Waals surface area contributed by atoms with Gasteiger partial charge in [0.2, 0.25) is 0 Å². The minimum atomic E-state index is -0.707. The third kappa shape index (κ3) is 5.45. The normalized spacial score (nSPS) is 13.7. The second-order valence-corrected chi connectivity index (χ2v) is 7.14. The first-order valence-corrected chi connectivity index (χ1v) is 9.94. The van der Waals surface area contributed by atoms with Gasteiger partial charge in [-0.3, -0.25) is 10.1 Å². The highest BCUT2D eigenvalue weighted by atomic mass is 16.5. The van der Waals surface area contributed by atoms with Crippen LogP contribution in [0.5, 0.6) is 0 Å². The highest BCUT2D eigenvalue weighted by molar-refractivity contribution is 6.00. The van der Waals surface area contributed by atoms with Crippen molar-refractivity contribution in [2.24, 2.45) is 0 Å². The molecule has 2 aromatic carbocycles. The first kappa shape index (κ1) is 21.1. The molecule has 1 saturated carbocycles. The molecule has 7 nitrogen and oxygen atoms in total. The summed E-state index contributed by atoms with van der Waals surface area (Å²) >= 11 is 0. The average molecular weight is 405 g/mol. The lowest BCUT2D eigenvalue weighted by Crippen LogP contribution is -2.46. The van der Waals surface area contributed by atoms with Gasteiger partial charge in [0, 0.05) is 11.6 Å². The van der Waals surface area contributed by atoms with Gasteiger partial charge in [-0.1, -0.05) is 55.7 Å². The Morgan fingerprint density at radius 1 is 0.967 bits per heavy atom. The molecular weight excluding hydrogens is 382 g/mol. The summed E-state index contributed by atoms with van der Waals surface area (Å²) in [6.07, 6.45) is 5.08. The fourth-order valence-electron chi connectivity index (χ4n) is 3.55. The van der Waals surface area contributed by atoms with Crippen molar-refractivity contribution in [3.05, 3.63) is 59.7 Å². The summed E-state index contributed by atoms with van der Waals surface area (Å²) < 4.78 is 5.10. The second-order valence-electron chi connectivity index (χ2n) is 7.14. The third-order valence-electron chi connectivity index (χ3n) is 5.01. The number of hydrogen-bond acceptors (Lipinski definition) is 5. The molecule has 0 spiro atoms. The zero-order valence-corrected chi connectivity index (χ0v) is 16.5. The summed E-state index contributed by atoms with van der Waals surface area (Å²) in [5, 5.41) is 14.3. The lowest BCUT2D eigenvalue weighted by molar-refractivity contribution is -0.123. The van der Waals surface area contributed by atoms with E-state index in [1.54, 1.807) is 48.5 Å². The van der Waals surface area contributed by atoms with E-state index in [-0.39, 0.29) is 11.6 Å². The van der Waals surface area contributed by atoms with Crippen molar-refractivity contribution >= 4 is 17.9 Å². The van der Waals surface area contributed by atoms with Crippen LogP contribution in [0, 0.1) is 11.3 Å². The van der Waals surface area contributed by atoms with Crippen molar-refractivity contribution in [1.29, 1.82) is 5.26 Å². The highest BCUT2D eigenvalue weighted by Gasteiger charge is 2.19. The van der Waals surface area contributed by atoms with Crippen molar-refractivity contribution in [2.75, 3.05) is 6.61 Å². The number of esters is 1. The standard InChI is InChI=1S/C23H23N3O4/c24-14-16-8-4-5-11-18(16)19-12-6-7-13-20(19)22(28)30-15-21(27)26-23(29)25-17-9-2-1-3-10-17/h4-8,11-13,17H,1-3,9-10,15H2,(H2,25,26,27,29). The van der Waals surface area contributed by atoms with E-state index in [1.807, 2.05) is 0 Å². The molecule has 0 heterocycles. The topological polar surface area (TPSA) is 108 Å². The number of hydrogen-bond donors (Lipinski definition) is 2. The van der Waals surface area contributed by atoms with E-state index in [4.69, 9.17) is 4.74 Å². The molecule has 0 atom stereocenters. The summed E-state index contributed by atoms with van der Waals surface area (Å²) in [5.74, 6) is -1.41. The number of ether oxygens (including phenoxy) is 1. The lowest BCUT2D eigenvalue weighted by Gasteiger charge is -2.22. The van der Waals surface area contributed by atoms with Gasteiger partial charge >= 0.3 is 12.0 Å². The first-order chi connectivity index (χ1) is 14.6. The Bertz CT molecular complexity index is 974. The third-order valence-corrected chi connectivity index (χ3v) is 5.01. The van der Waals surface area contributed by atoms with Crippen molar-refractivity contribution in [3.63, 3.8) is 0 Å². The number of rotatable bonds is 5. The average Bonchev–Trinajstić information content (AvgIpc) is 2.78. The number of nitrogens with zero attached hydrogens (tertiary/aromatic N) is 1. The van der Waals surface area contributed by atoms with E-state index in [0.29, 0.717) is 16.7 Å². The number of urea groups is 1. The maximum Gasteiger partial charge on any atom is 0.339 e. The molecule has 3 amide bonds. The largest absolute Gasteiger partial charge is 0.452 e. The number of nitrogens with one attached hydrogen (secondary N) is 2. The van der Waals surface area contributed by atoms with Gasteiger partial charge in [0.05, 0.1) is 17.2 Å². The quantitative estimate of drug-likeness (QED) is 0.740. The zero-order valence-electron chi connectivity index (χ0n) is 16.5. The molecule has 3 rings (SSSR count). The molecule has 7 heteroatoms. The number of imide groups is 1. The van der Waals surface area contributed by atoms with Crippen molar-refractivity contribution in [1.82, 2.24) is 10.6 Å². The second kappa shape index (κ2) is 10.2. The molecule has 1 aliphatic rings. The van der Waals surface area contributed by atoms with Crippen LogP contribution < -0.4 is 10.6 Å². The Labute approximate surface area is 175 Å². The lowest BCUT2D eigenvalue weighted by atomic mass is 9.96. The zero-order chi connectivity index (χ0) is 21.3. The number of nitriles is 1. The van der Waals surface area contributed by atoms with Crippen LogP contribution in [0.4, 0.5) is 4.79 Å². The number of carbonyl (C=O) groups is 3. The maximum absolute atomic E-state index is 12.6. The molecule has 0 radical (unpaired) electrons. The molecule has 154 valence electrons. The SMILES string of the molecule is N#Cc1ccccc1-c1ccccc1C(=O)OCC(=O)NC(=O)NC1CCCCC1. The van der Waals surface area contributed by atoms with Gasteiger partial charge in [0.25, 0.3) is 5.91 Å². The molecule has 0 bridgehead atoms. The Morgan fingerprint density at radius 2 is 1.63 bits per heavy atom. The Balaban J connectivity index is 1.59. The van der Waals surface area contributed by atoms with Crippen LogP contribution in [-0.2, 0) is 9.53 Å². The number of amides is 3. The van der Waals surface area contributed by atoms with Crippen LogP contribution in [-0.4, -0.2) is 30.6 Å². The number of benzene rings is 2. The van der Waals surface area contributed by atoms with E-state index >= 15 is 0 Å². The Kier molecular flexibility index (Phi) is 7.17. The Hall–Kier alpha value is -3.66. The summed E-state index contributed by atoms with van der Waals surface area (Å²) in [7, 11) is 0. The first-order valence-electron chi connectivity index (χ1n) is 9.94. The Morgan fingerprint density at radius 3 is 2.37 bits per heavy atom. The number of carbonyl (C=O) groups excluding carboxylic acids is 3. The highest BCUT2D eigenvalue weighted by Crippen LogP contribution is 2.27. The van der Waals surface area contributed by atoms with E-state index in [0.717, 1.165) is 32.1 Å². The molecule has 0 aliphatic heterocycles. The molecule has 1 fully saturated rings. The smallest absolute Gasteiger partial charge is 0.339 e. The molecule has 0 unspecified atom stereocenters. The van der Waals surface area contributed by atoms with Crippen LogP contribution in [0.25, 0.3) is 11.1 Å². The fraction of sp³-hybridized carbons (Fsp3) is 0.304. The van der Waals surface area contributed by atoms with Crippen LogP contribution in [0.3, 0.4) is 0 Å². The van der Waals surface area contributed by atoms with E-state index in [1.165, 1.54) is 0 Å². The van der Waals surface area contributed by atoms with Crippen molar-refractivity contribution in [3.8, 4) is 17.2 Å². The molecule has 2 aromatic rings. The molecule has 30 heavy (non-hydrogen) atoms.